The molecule has 0 bridgehead atoms. The summed E-state index contributed by atoms with van der Waals surface area (Å²) >= 11 is 0. The molecule has 0 spiro atoms. The fourth-order valence-electron chi connectivity index (χ4n) is 0.859. The fraction of sp³-hybridized carbons (Fsp3) is 0.778. The van der Waals surface area contributed by atoms with Gasteiger partial charge in [-0.3, -0.25) is 9.59 Å². The molecule has 5 heteroatoms. The van der Waals surface area contributed by atoms with E-state index in [1.807, 2.05) is 13.8 Å². The highest BCUT2D eigenvalue weighted by Gasteiger charge is 2.11. The van der Waals surface area contributed by atoms with Crippen molar-refractivity contribution in [2.24, 2.45) is 5.73 Å². The number of rotatable bonds is 6. The Morgan fingerprint density at radius 1 is 1.36 bits per heavy atom. The maximum absolute atomic E-state index is 11.2. The average Bonchev–Trinajstić information content (AvgIpc) is 2.02. The molecule has 88 valence electrons. The second kappa shape index (κ2) is 6.37. The van der Waals surface area contributed by atoms with Crippen LogP contribution in [0.2, 0.25) is 0 Å². The Labute approximate surface area is 88.9 Å². The molecule has 0 aromatic heterocycles. The minimum atomic E-state index is -0.596. The van der Waals surface area contributed by atoms with Crippen molar-refractivity contribution in [3.8, 4) is 0 Å². The second-order valence-electron chi connectivity index (χ2n) is 3.55. The number of carbonyl (C=O) groups is 2. The van der Waals surface area contributed by atoms with Crippen molar-refractivity contribution in [2.75, 3.05) is 6.54 Å². The van der Waals surface area contributed by atoms with E-state index in [1.54, 1.807) is 6.92 Å². The van der Waals surface area contributed by atoms with E-state index in [4.69, 9.17) is 5.73 Å². The number of nitrogens with one attached hydrogen (secondary N) is 2. The van der Waals surface area contributed by atoms with E-state index in [0.29, 0.717) is 19.0 Å². The van der Waals surface area contributed by atoms with Gasteiger partial charge in [-0.25, -0.2) is 0 Å². The zero-order chi connectivity index (χ0) is 11.1. The van der Waals surface area contributed by atoms with Gasteiger partial charge in [0.25, 0.3) is 0 Å². The lowest BCUT2D eigenvalue weighted by Crippen LogP contribution is -2.43. The average molecular weight is 207 g/mol. The maximum atomic E-state index is 11.2. The van der Waals surface area contributed by atoms with Crippen LogP contribution in [0.3, 0.4) is 0 Å². The lowest BCUT2D eigenvalue weighted by atomic mass is 10.3. The minimum absolute atomic E-state index is 0. The predicted molar refractivity (Wildman–Crippen MR) is 60.9 cm³/mol. The number of carbonyl (C=O) groups excluding carboxylic acids is 2. The van der Waals surface area contributed by atoms with E-state index in [-0.39, 0.29) is 10.2 Å². The van der Waals surface area contributed by atoms with Crippen LogP contribution in [-0.2, 0) is 9.59 Å². The van der Waals surface area contributed by atoms with Crippen LogP contribution in [0.15, 0.2) is 0 Å². The maximum Gasteiger partial charge on any atom is 0.239 e. The summed E-state index contributed by atoms with van der Waals surface area (Å²) in [6, 6.07) is -0.238. The molecule has 0 aliphatic carbocycles. The van der Waals surface area contributed by atoms with Gasteiger partial charge in [0.05, 0.1) is 0 Å². The molecule has 0 heterocycles. The molecule has 2 amide bonds. The Balaban J connectivity index is -0.000000282. The van der Waals surface area contributed by atoms with E-state index in [0.717, 1.165) is 0 Å². The van der Waals surface area contributed by atoms with Crippen LogP contribution in [-0.4, -0.2) is 30.4 Å². The van der Waals surface area contributed by atoms with E-state index in [1.165, 1.54) is 0 Å². The number of amides is 2. The highest BCUT2D eigenvalue weighted by Crippen LogP contribution is 1.84. The summed E-state index contributed by atoms with van der Waals surface area (Å²) in [5.41, 5.74) is 4.99. The zero-order valence-electron chi connectivity index (χ0n) is 8.96. The highest BCUT2D eigenvalue weighted by molar-refractivity contribution is 5.86. The van der Waals surface area contributed by atoms with Crippen LogP contribution in [0, 0.1) is 0 Å². The molecule has 1 unspecified atom stereocenters. The SMILES string of the molecule is CC(C)NCCC(=O)NC(C)C(N)=O.[HH].[HH].[HH]. The van der Waals surface area contributed by atoms with Gasteiger partial charge in [0.2, 0.25) is 11.8 Å². The first kappa shape index (κ1) is 12.9. The van der Waals surface area contributed by atoms with Gasteiger partial charge in [0.15, 0.2) is 0 Å². The fourth-order valence-corrected chi connectivity index (χ4v) is 0.859. The quantitative estimate of drug-likeness (QED) is 0.577. The van der Waals surface area contributed by atoms with E-state index < -0.39 is 11.9 Å². The monoisotopic (exact) mass is 207 g/mol. The lowest BCUT2D eigenvalue weighted by Gasteiger charge is -2.11. The van der Waals surface area contributed by atoms with E-state index in [2.05, 4.69) is 10.6 Å². The predicted octanol–water partition coefficient (Wildman–Crippen LogP) is 0.103. The molecule has 0 aromatic rings. The second-order valence-corrected chi connectivity index (χ2v) is 3.55. The Bertz CT molecular complexity index is 216. The molecule has 1 atom stereocenters. The molecule has 0 radical (unpaired) electrons. The number of primary amides is 1. The zero-order valence-corrected chi connectivity index (χ0v) is 8.96. The van der Waals surface area contributed by atoms with Crippen molar-refractivity contribution in [1.29, 1.82) is 0 Å². The molecule has 0 saturated carbocycles. The van der Waals surface area contributed by atoms with Gasteiger partial charge in [-0.05, 0) is 6.92 Å². The van der Waals surface area contributed by atoms with Crippen molar-refractivity contribution < 1.29 is 13.9 Å². The largest absolute Gasteiger partial charge is 0.368 e. The molecular weight excluding hydrogens is 182 g/mol. The van der Waals surface area contributed by atoms with Crippen LogP contribution < -0.4 is 16.4 Å². The standard InChI is InChI=1S/C9H19N3O2.3H2/c1-6(2)11-5-4-8(13)12-7(3)9(10)14;;;/h6-7,11H,4-5H2,1-3H3,(H2,10,14)(H,12,13);3*1H. The van der Waals surface area contributed by atoms with Gasteiger partial charge in [-0.15, -0.1) is 0 Å². The minimum Gasteiger partial charge on any atom is -0.368 e. The Morgan fingerprint density at radius 2 is 1.93 bits per heavy atom. The summed E-state index contributed by atoms with van der Waals surface area (Å²) in [6.07, 6.45) is 0.357. The summed E-state index contributed by atoms with van der Waals surface area (Å²) in [5.74, 6) is -0.681. The third-order valence-corrected chi connectivity index (χ3v) is 1.71. The van der Waals surface area contributed by atoms with Crippen molar-refractivity contribution in [3.05, 3.63) is 0 Å². The first-order chi connectivity index (χ1) is 6.43. The first-order valence-corrected chi connectivity index (χ1v) is 4.75. The molecule has 0 aliphatic rings. The smallest absolute Gasteiger partial charge is 0.239 e. The molecule has 0 saturated heterocycles. The van der Waals surface area contributed by atoms with Crippen LogP contribution in [0.5, 0.6) is 0 Å². The van der Waals surface area contributed by atoms with Crippen molar-refractivity contribution >= 4 is 11.8 Å². The molecule has 0 rings (SSSR count). The first-order valence-electron chi connectivity index (χ1n) is 4.75. The molecule has 4 N–H and O–H groups in total. The van der Waals surface area contributed by atoms with Crippen molar-refractivity contribution in [1.82, 2.24) is 10.6 Å². The molecule has 0 aromatic carbocycles. The molecular formula is C9H25N3O2. The van der Waals surface area contributed by atoms with Crippen LogP contribution >= 0.6 is 0 Å². The van der Waals surface area contributed by atoms with E-state index >= 15 is 0 Å². The van der Waals surface area contributed by atoms with Gasteiger partial charge in [-0.2, -0.15) is 0 Å². The molecule has 0 aliphatic heterocycles. The Kier molecular flexibility index (Phi) is 5.87. The van der Waals surface area contributed by atoms with Gasteiger partial charge in [-0.1, -0.05) is 13.8 Å². The summed E-state index contributed by atoms with van der Waals surface area (Å²) in [5, 5.41) is 5.60. The molecule has 0 fully saturated rings. The summed E-state index contributed by atoms with van der Waals surface area (Å²) in [6.45, 7) is 6.18. The summed E-state index contributed by atoms with van der Waals surface area (Å²) in [7, 11) is 0. The number of nitrogens with two attached hydrogens (primary N) is 1. The van der Waals surface area contributed by atoms with Crippen LogP contribution in [0.1, 0.15) is 31.5 Å². The third-order valence-electron chi connectivity index (χ3n) is 1.71. The van der Waals surface area contributed by atoms with Crippen molar-refractivity contribution in [2.45, 2.75) is 39.3 Å². The summed E-state index contributed by atoms with van der Waals surface area (Å²) < 4.78 is 0. The van der Waals surface area contributed by atoms with E-state index in [9.17, 15) is 9.59 Å². The highest BCUT2D eigenvalue weighted by atomic mass is 16.2. The number of hydrogen-bond donors (Lipinski definition) is 3. The normalized spacial score (nSPS) is 12.6. The summed E-state index contributed by atoms with van der Waals surface area (Å²) in [4.78, 5) is 21.8. The third kappa shape index (κ3) is 6.42. The van der Waals surface area contributed by atoms with Gasteiger partial charge in [0, 0.05) is 23.3 Å². The van der Waals surface area contributed by atoms with Gasteiger partial charge >= 0.3 is 0 Å². The van der Waals surface area contributed by atoms with Crippen molar-refractivity contribution in [3.63, 3.8) is 0 Å². The number of hydrogen-bond acceptors (Lipinski definition) is 3. The lowest BCUT2D eigenvalue weighted by molar-refractivity contribution is -0.126. The van der Waals surface area contributed by atoms with Gasteiger partial charge < -0.3 is 16.4 Å². The Hall–Kier alpha value is -1.10. The molecule has 14 heavy (non-hydrogen) atoms. The topological polar surface area (TPSA) is 84.2 Å². The van der Waals surface area contributed by atoms with Crippen LogP contribution in [0.4, 0.5) is 0 Å². The van der Waals surface area contributed by atoms with Crippen LogP contribution in [0.25, 0.3) is 0 Å². The Morgan fingerprint density at radius 3 is 2.36 bits per heavy atom. The van der Waals surface area contributed by atoms with Gasteiger partial charge in [0.1, 0.15) is 6.04 Å². The molecule has 5 nitrogen and oxygen atoms in total.